The zero-order valence-electron chi connectivity index (χ0n) is 16.0. The number of benzene rings is 2. The Bertz CT molecular complexity index is 788. The summed E-state index contributed by atoms with van der Waals surface area (Å²) in [4.78, 5) is 12.7. The molecule has 140 valence electrons. The number of hydrogen-bond acceptors (Lipinski definition) is 5. The van der Waals surface area contributed by atoms with E-state index in [-0.39, 0.29) is 11.9 Å². The standard InChI is InChI=1S/C20H25NO5/c1-12-9-18(25-5)19(26-6)11-16(12)13(2)21-20(22)15-8-7-14(23-3)10-17(15)24-4/h7-11,13H,1-6H3,(H,21,22). The van der Waals surface area contributed by atoms with Crippen molar-refractivity contribution in [2.24, 2.45) is 0 Å². The van der Waals surface area contributed by atoms with Gasteiger partial charge in [0.25, 0.3) is 5.91 Å². The number of nitrogens with one attached hydrogen (secondary N) is 1. The van der Waals surface area contributed by atoms with E-state index in [4.69, 9.17) is 18.9 Å². The molecule has 1 N–H and O–H groups in total. The van der Waals surface area contributed by atoms with E-state index in [1.807, 2.05) is 26.0 Å². The minimum absolute atomic E-state index is 0.228. The van der Waals surface area contributed by atoms with E-state index in [0.29, 0.717) is 28.6 Å². The van der Waals surface area contributed by atoms with Crippen molar-refractivity contribution in [3.8, 4) is 23.0 Å². The number of ether oxygens (including phenoxy) is 4. The molecule has 0 heterocycles. The molecule has 0 radical (unpaired) electrons. The van der Waals surface area contributed by atoms with Gasteiger partial charge in [-0.15, -0.1) is 0 Å². The number of aryl methyl sites for hydroxylation is 1. The third kappa shape index (κ3) is 4.02. The van der Waals surface area contributed by atoms with Crippen LogP contribution in [0.15, 0.2) is 30.3 Å². The molecule has 0 bridgehead atoms. The van der Waals surface area contributed by atoms with Crippen molar-refractivity contribution in [3.63, 3.8) is 0 Å². The van der Waals surface area contributed by atoms with Crippen LogP contribution in [0.5, 0.6) is 23.0 Å². The molecule has 0 aliphatic heterocycles. The molecule has 1 unspecified atom stereocenters. The Labute approximate surface area is 154 Å². The van der Waals surface area contributed by atoms with Crippen molar-refractivity contribution in [1.82, 2.24) is 5.32 Å². The minimum atomic E-state index is -0.230. The van der Waals surface area contributed by atoms with E-state index in [0.717, 1.165) is 11.1 Å². The van der Waals surface area contributed by atoms with Gasteiger partial charge in [0, 0.05) is 6.07 Å². The molecule has 1 atom stereocenters. The number of methoxy groups -OCH3 is 4. The maximum absolute atomic E-state index is 12.7. The summed E-state index contributed by atoms with van der Waals surface area (Å²) in [6.07, 6.45) is 0. The Morgan fingerprint density at radius 1 is 0.885 bits per heavy atom. The van der Waals surface area contributed by atoms with E-state index in [2.05, 4.69) is 5.32 Å². The summed E-state index contributed by atoms with van der Waals surface area (Å²) in [6.45, 7) is 3.88. The Morgan fingerprint density at radius 3 is 2.08 bits per heavy atom. The first-order valence-electron chi connectivity index (χ1n) is 8.20. The van der Waals surface area contributed by atoms with Gasteiger partial charge in [0.1, 0.15) is 11.5 Å². The highest BCUT2D eigenvalue weighted by atomic mass is 16.5. The Hall–Kier alpha value is -2.89. The fourth-order valence-corrected chi connectivity index (χ4v) is 2.80. The predicted molar refractivity (Wildman–Crippen MR) is 99.7 cm³/mol. The highest BCUT2D eigenvalue weighted by molar-refractivity contribution is 5.97. The molecule has 2 aromatic carbocycles. The largest absolute Gasteiger partial charge is 0.497 e. The summed E-state index contributed by atoms with van der Waals surface area (Å²) in [6, 6.07) is 8.63. The molecule has 6 nitrogen and oxygen atoms in total. The summed E-state index contributed by atoms with van der Waals surface area (Å²) >= 11 is 0. The number of amides is 1. The number of hydrogen-bond donors (Lipinski definition) is 1. The van der Waals surface area contributed by atoms with Crippen LogP contribution in [-0.4, -0.2) is 34.3 Å². The van der Waals surface area contributed by atoms with Gasteiger partial charge in [-0.25, -0.2) is 0 Å². The van der Waals surface area contributed by atoms with Crippen molar-refractivity contribution in [1.29, 1.82) is 0 Å². The summed E-state index contributed by atoms with van der Waals surface area (Å²) in [5, 5.41) is 3.00. The van der Waals surface area contributed by atoms with E-state index < -0.39 is 0 Å². The highest BCUT2D eigenvalue weighted by Gasteiger charge is 2.19. The third-order valence-corrected chi connectivity index (χ3v) is 4.24. The van der Waals surface area contributed by atoms with Crippen LogP contribution in [0.25, 0.3) is 0 Å². The molecule has 0 saturated heterocycles. The summed E-state index contributed by atoms with van der Waals surface area (Å²) < 4.78 is 21.2. The number of rotatable bonds is 7. The molecule has 2 rings (SSSR count). The smallest absolute Gasteiger partial charge is 0.255 e. The average molecular weight is 359 g/mol. The first kappa shape index (κ1) is 19.4. The molecule has 2 aromatic rings. The second kappa shape index (κ2) is 8.47. The van der Waals surface area contributed by atoms with Gasteiger partial charge in [-0.3, -0.25) is 4.79 Å². The van der Waals surface area contributed by atoms with E-state index in [9.17, 15) is 4.79 Å². The SMILES string of the molecule is COc1ccc(C(=O)NC(C)c2cc(OC)c(OC)cc2C)c(OC)c1. The van der Waals surface area contributed by atoms with Gasteiger partial charge in [0.2, 0.25) is 0 Å². The maximum Gasteiger partial charge on any atom is 0.255 e. The lowest BCUT2D eigenvalue weighted by atomic mass is 10.0. The van der Waals surface area contributed by atoms with Crippen molar-refractivity contribution in [2.75, 3.05) is 28.4 Å². The molecule has 0 spiro atoms. The second-order valence-electron chi connectivity index (χ2n) is 5.83. The van der Waals surface area contributed by atoms with Gasteiger partial charge in [-0.1, -0.05) is 0 Å². The Kier molecular flexibility index (Phi) is 6.33. The zero-order valence-corrected chi connectivity index (χ0v) is 16.0. The lowest BCUT2D eigenvalue weighted by Crippen LogP contribution is -2.27. The fraction of sp³-hybridized carbons (Fsp3) is 0.350. The van der Waals surface area contributed by atoms with Crippen LogP contribution in [0.4, 0.5) is 0 Å². The first-order chi connectivity index (χ1) is 12.4. The third-order valence-electron chi connectivity index (χ3n) is 4.24. The summed E-state index contributed by atoms with van der Waals surface area (Å²) in [7, 11) is 6.27. The normalized spacial score (nSPS) is 11.5. The molecule has 0 aliphatic carbocycles. The van der Waals surface area contributed by atoms with Crippen molar-refractivity contribution >= 4 is 5.91 Å². The van der Waals surface area contributed by atoms with E-state index >= 15 is 0 Å². The molecular formula is C20H25NO5. The highest BCUT2D eigenvalue weighted by Crippen LogP contribution is 2.33. The molecule has 0 aliphatic rings. The van der Waals surface area contributed by atoms with Gasteiger partial charge in [0.05, 0.1) is 40.0 Å². The topological polar surface area (TPSA) is 66.0 Å². The molecule has 26 heavy (non-hydrogen) atoms. The molecular weight excluding hydrogens is 334 g/mol. The van der Waals surface area contributed by atoms with Crippen LogP contribution in [0.3, 0.4) is 0 Å². The van der Waals surface area contributed by atoms with Crippen molar-refractivity contribution in [2.45, 2.75) is 19.9 Å². The molecule has 0 saturated carbocycles. The Balaban J connectivity index is 2.27. The first-order valence-corrected chi connectivity index (χ1v) is 8.20. The van der Waals surface area contributed by atoms with E-state index in [1.165, 1.54) is 7.11 Å². The second-order valence-corrected chi connectivity index (χ2v) is 5.83. The maximum atomic E-state index is 12.7. The minimum Gasteiger partial charge on any atom is -0.497 e. The van der Waals surface area contributed by atoms with Crippen LogP contribution in [0.1, 0.15) is 34.5 Å². The molecule has 6 heteroatoms. The summed E-state index contributed by atoms with van der Waals surface area (Å²) in [5.41, 5.74) is 2.39. The van der Waals surface area contributed by atoms with Gasteiger partial charge >= 0.3 is 0 Å². The zero-order chi connectivity index (χ0) is 19.3. The van der Waals surface area contributed by atoms with Crippen molar-refractivity contribution < 1.29 is 23.7 Å². The van der Waals surface area contributed by atoms with Gasteiger partial charge in [-0.2, -0.15) is 0 Å². The molecule has 0 fully saturated rings. The van der Waals surface area contributed by atoms with E-state index in [1.54, 1.807) is 39.5 Å². The van der Waals surface area contributed by atoms with Crippen LogP contribution in [-0.2, 0) is 0 Å². The number of carbonyl (C=O) groups is 1. The fourth-order valence-electron chi connectivity index (χ4n) is 2.80. The molecule has 1 amide bonds. The lowest BCUT2D eigenvalue weighted by Gasteiger charge is -2.20. The quantitative estimate of drug-likeness (QED) is 0.819. The number of carbonyl (C=O) groups excluding carboxylic acids is 1. The monoisotopic (exact) mass is 359 g/mol. The lowest BCUT2D eigenvalue weighted by molar-refractivity contribution is 0.0936. The van der Waals surface area contributed by atoms with Gasteiger partial charge in [0.15, 0.2) is 11.5 Å². The van der Waals surface area contributed by atoms with Gasteiger partial charge in [-0.05, 0) is 49.2 Å². The Morgan fingerprint density at radius 2 is 1.50 bits per heavy atom. The molecule has 0 aromatic heterocycles. The van der Waals surface area contributed by atoms with Crippen LogP contribution >= 0.6 is 0 Å². The summed E-state index contributed by atoms with van der Waals surface area (Å²) in [5.74, 6) is 2.13. The van der Waals surface area contributed by atoms with Crippen molar-refractivity contribution in [3.05, 3.63) is 47.0 Å². The van der Waals surface area contributed by atoms with Crippen LogP contribution in [0, 0.1) is 6.92 Å². The predicted octanol–water partition coefficient (Wildman–Crippen LogP) is 3.52. The average Bonchev–Trinajstić information content (AvgIpc) is 2.66. The van der Waals surface area contributed by atoms with Crippen LogP contribution in [0.2, 0.25) is 0 Å². The van der Waals surface area contributed by atoms with Gasteiger partial charge < -0.3 is 24.3 Å². The van der Waals surface area contributed by atoms with Crippen LogP contribution < -0.4 is 24.3 Å².